The highest BCUT2D eigenvalue weighted by molar-refractivity contribution is 7.13. The number of benzene rings is 1. The number of hydrogen-bond donors (Lipinski definition) is 2. The van der Waals surface area contributed by atoms with E-state index in [1.54, 1.807) is 0 Å². The van der Waals surface area contributed by atoms with Gasteiger partial charge in [0, 0.05) is 17.8 Å². The summed E-state index contributed by atoms with van der Waals surface area (Å²) >= 11 is 1.40. The van der Waals surface area contributed by atoms with Crippen LogP contribution in [0, 0.1) is 11.7 Å². The zero-order chi connectivity index (χ0) is 16.9. The van der Waals surface area contributed by atoms with Gasteiger partial charge in [0.05, 0.1) is 5.69 Å². The van der Waals surface area contributed by atoms with Crippen LogP contribution in [0.2, 0.25) is 0 Å². The van der Waals surface area contributed by atoms with Crippen LogP contribution in [0.3, 0.4) is 0 Å². The van der Waals surface area contributed by atoms with E-state index in [1.807, 2.05) is 17.5 Å². The maximum absolute atomic E-state index is 13.0. The van der Waals surface area contributed by atoms with Crippen molar-refractivity contribution in [3.63, 3.8) is 0 Å². The molecular weight excluding hydrogens is 325 g/mol. The van der Waals surface area contributed by atoms with Crippen molar-refractivity contribution in [2.45, 2.75) is 44.6 Å². The fraction of sp³-hybridized carbons (Fsp3) is 0.444. The molecule has 1 heterocycles. The Morgan fingerprint density at radius 3 is 2.83 bits per heavy atom. The number of carbonyl (C=O) groups excluding carboxylic acids is 1. The van der Waals surface area contributed by atoms with Crippen LogP contribution in [-0.2, 0) is 17.6 Å². The average Bonchev–Trinajstić information content (AvgIpc) is 3.17. The van der Waals surface area contributed by atoms with E-state index in [4.69, 9.17) is 5.73 Å². The first kappa shape index (κ1) is 16.9. The smallest absolute Gasteiger partial charge is 0.220 e. The summed E-state index contributed by atoms with van der Waals surface area (Å²) in [5.74, 6) is 0.282. The zero-order valence-electron chi connectivity index (χ0n) is 13.5. The minimum Gasteiger partial charge on any atom is -0.375 e. The Labute approximate surface area is 145 Å². The number of halogens is 1. The van der Waals surface area contributed by atoms with Crippen LogP contribution in [-0.4, -0.2) is 16.9 Å². The molecule has 3 rings (SSSR count). The molecule has 1 aromatic carbocycles. The van der Waals surface area contributed by atoms with Crippen molar-refractivity contribution in [1.29, 1.82) is 0 Å². The van der Waals surface area contributed by atoms with Crippen molar-refractivity contribution in [3.05, 3.63) is 46.7 Å². The molecule has 0 aliphatic heterocycles. The van der Waals surface area contributed by atoms with Gasteiger partial charge in [-0.2, -0.15) is 0 Å². The lowest BCUT2D eigenvalue weighted by Crippen LogP contribution is -2.38. The van der Waals surface area contributed by atoms with Gasteiger partial charge in [0.25, 0.3) is 0 Å². The molecule has 0 saturated heterocycles. The number of anilines is 1. The fourth-order valence-corrected chi connectivity index (χ4v) is 3.95. The van der Waals surface area contributed by atoms with Crippen molar-refractivity contribution >= 4 is 22.4 Å². The first-order valence-corrected chi connectivity index (χ1v) is 9.22. The van der Waals surface area contributed by atoms with E-state index in [-0.39, 0.29) is 17.8 Å². The molecule has 2 aromatic rings. The van der Waals surface area contributed by atoms with Crippen molar-refractivity contribution in [2.75, 3.05) is 5.73 Å². The largest absolute Gasteiger partial charge is 0.375 e. The summed E-state index contributed by atoms with van der Waals surface area (Å²) in [4.78, 5) is 16.4. The second kappa shape index (κ2) is 7.75. The third kappa shape index (κ3) is 4.54. The second-order valence-electron chi connectivity index (χ2n) is 6.37. The normalized spacial score (nSPS) is 20.2. The summed E-state index contributed by atoms with van der Waals surface area (Å²) in [6, 6.07) is 6.87. The molecule has 1 amide bonds. The number of aryl methyl sites for hydroxylation is 1. The van der Waals surface area contributed by atoms with E-state index in [2.05, 4.69) is 10.3 Å². The van der Waals surface area contributed by atoms with Crippen molar-refractivity contribution < 1.29 is 9.18 Å². The summed E-state index contributed by atoms with van der Waals surface area (Å²) < 4.78 is 13.0. The topological polar surface area (TPSA) is 68.0 Å². The van der Waals surface area contributed by atoms with Gasteiger partial charge in [0.1, 0.15) is 5.82 Å². The van der Waals surface area contributed by atoms with Crippen LogP contribution in [0.1, 0.15) is 36.9 Å². The van der Waals surface area contributed by atoms with Gasteiger partial charge in [-0.15, -0.1) is 11.3 Å². The van der Waals surface area contributed by atoms with Gasteiger partial charge in [-0.25, -0.2) is 9.37 Å². The SMILES string of the molecule is Nc1nc(CCC(=O)N[C@H]2CCC[C@H]2Cc2ccc(F)cc2)cs1. The van der Waals surface area contributed by atoms with Crippen molar-refractivity contribution in [2.24, 2.45) is 5.92 Å². The number of amides is 1. The van der Waals surface area contributed by atoms with Crippen LogP contribution in [0.25, 0.3) is 0 Å². The lowest BCUT2D eigenvalue weighted by Gasteiger charge is -2.21. The molecule has 6 heteroatoms. The third-order valence-electron chi connectivity index (χ3n) is 4.59. The number of aromatic nitrogens is 1. The highest BCUT2D eigenvalue weighted by atomic mass is 32.1. The van der Waals surface area contributed by atoms with Gasteiger partial charge in [0.15, 0.2) is 5.13 Å². The Balaban J connectivity index is 1.49. The van der Waals surface area contributed by atoms with E-state index < -0.39 is 0 Å². The lowest BCUT2D eigenvalue weighted by molar-refractivity contribution is -0.122. The molecule has 24 heavy (non-hydrogen) atoms. The first-order chi connectivity index (χ1) is 11.6. The fourth-order valence-electron chi connectivity index (χ4n) is 3.35. The zero-order valence-corrected chi connectivity index (χ0v) is 14.3. The molecule has 2 atom stereocenters. The maximum Gasteiger partial charge on any atom is 0.220 e. The summed E-state index contributed by atoms with van der Waals surface area (Å²) in [5.41, 5.74) is 7.60. The van der Waals surface area contributed by atoms with E-state index in [0.717, 1.165) is 36.9 Å². The molecule has 3 N–H and O–H groups in total. The quantitative estimate of drug-likeness (QED) is 0.842. The molecule has 1 aliphatic carbocycles. The van der Waals surface area contributed by atoms with Gasteiger partial charge in [-0.05, 0) is 49.3 Å². The minimum atomic E-state index is -0.210. The number of carbonyl (C=O) groups is 1. The predicted molar refractivity (Wildman–Crippen MR) is 94.2 cm³/mol. The van der Waals surface area contributed by atoms with Crippen molar-refractivity contribution in [3.8, 4) is 0 Å². The number of nitrogens with two attached hydrogens (primary N) is 1. The highest BCUT2D eigenvalue weighted by Gasteiger charge is 2.28. The van der Waals surface area contributed by atoms with Gasteiger partial charge in [0.2, 0.25) is 5.91 Å². The number of rotatable bonds is 6. The Morgan fingerprint density at radius 1 is 1.33 bits per heavy atom. The van der Waals surface area contributed by atoms with Crippen LogP contribution in [0.4, 0.5) is 9.52 Å². The summed E-state index contributed by atoms with van der Waals surface area (Å²) in [7, 11) is 0. The summed E-state index contributed by atoms with van der Waals surface area (Å²) in [6.07, 6.45) is 5.18. The Morgan fingerprint density at radius 2 is 2.12 bits per heavy atom. The van der Waals surface area contributed by atoms with Gasteiger partial charge >= 0.3 is 0 Å². The number of nitrogens with one attached hydrogen (secondary N) is 1. The maximum atomic E-state index is 13.0. The number of nitrogens with zero attached hydrogens (tertiary/aromatic N) is 1. The van der Waals surface area contributed by atoms with Gasteiger partial charge in [-0.1, -0.05) is 18.6 Å². The molecule has 4 nitrogen and oxygen atoms in total. The molecule has 0 bridgehead atoms. The summed E-state index contributed by atoms with van der Waals surface area (Å²) in [5, 5.41) is 5.61. The number of hydrogen-bond acceptors (Lipinski definition) is 4. The number of thiazole rings is 1. The lowest BCUT2D eigenvalue weighted by atomic mass is 9.94. The standard InChI is InChI=1S/C18H22FN3OS/c19-14-6-4-12(5-7-14)10-13-2-1-3-16(13)22-17(23)9-8-15-11-24-18(20)21-15/h4-7,11,13,16H,1-3,8-10H2,(H2,20,21)(H,22,23)/t13-,16-/m0/s1. The van der Waals surface area contributed by atoms with Crippen molar-refractivity contribution in [1.82, 2.24) is 10.3 Å². The second-order valence-corrected chi connectivity index (χ2v) is 7.26. The van der Waals surface area contributed by atoms with E-state index in [0.29, 0.717) is 23.9 Å². The van der Waals surface area contributed by atoms with Gasteiger partial charge in [-0.3, -0.25) is 4.79 Å². The monoisotopic (exact) mass is 347 g/mol. The Kier molecular flexibility index (Phi) is 5.45. The molecule has 1 aliphatic rings. The molecule has 0 radical (unpaired) electrons. The molecule has 1 saturated carbocycles. The van der Waals surface area contributed by atoms with E-state index in [1.165, 1.54) is 23.5 Å². The molecule has 0 unspecified atom stereocenters. The molecule has 128 valence electrons. The molecule has 1 aromatic heterocycles. The van der Waals surface area contributed by atoms with E-state index in [9.17, 15) is 9.18 Å². The van der Waals surface area contributed by atoms with Crippen LogP contribution >= 0.6 is 11.3 Å². The molecule has 0 spiro atoms. The number of nitrogen functional groups attached to an aromatic ring is 1. The minimum absolute atomic E-state index is 0.0672. The van der Waals surface area contributed by atoms with Crippen LogP contribution < -0.4 is 11.1 Å². The highest BCUT2D eigenvalue weighted by Crippen LogP contribution is 2.29. The molecular formula is C18H22FN3OS. The van der Waals surface area contributed by atoms with Gasteiger partial charge < -0.3 is 11.1 Å². The van der Waals surface area contributed by atoms with Crippen LogP contribution in [0.15, 0.2) is 29.6 Å². The third-order valence-corrected chi connectivity index (χ3v) is 5.32. The average molecular weight is 347 g/mol. The summed E-state index contributed by atoms with van der Waals surface area (Å²) in [6.45, 7) is 0. The Bertz CT molecular complexity index is 686. The molecule has 1 fully saturated rings. The van der Waals surface area contributed by atoms with E-state index >= 15 is 0 Å². The van der Waals surface area contributed by atoms with Crippen LogP contribution in [0.5, 0.6) is 0 Å². The predicted octanol–water partition coefficient (Wildman–Crippen LogP) is 3.32. The Hall–Kier alpha value is -1.95. The first-order valence-electron chi connectivity index (χ1n) is 8.34.